The summed E-state index contributed by atoms with van der Waals surface area (Å²) >= 11 is 5.82. The van der Waals surface area contributed by atoms with Crippen molar-refractivity contribution in [1.82, 2.24) is 4.57 Å². The highest BCUT2D eigenvalue weighted by Gasteiger charge is 2.06. The molecule has 0 N–H and O–H groups in total. The molecule has 0 atom stereocenters. The minimum atomic E-state index is 0.729. The molecule has 0 aliphatic heterocycles. The van der Waals surface area contributed by atoms with Crippen LogP contribution in [0.1, 0.15) is 21.6 Å². The highest BCUT2D eigenvalue weighted by atomic mass is 35.5. The third kappa shape index (κ3) is 2.17. The molecule has 82 valence electrons. The van der Waals surface area contributed by atoms with Crippen molar-refractivity contribution in [1.29, 1.82) is 0 Å². The van der Waals surface area contributed by atoms with Crippen LogP contribution in [0.2, 0.25) is 5.02 Å². The first-order valence-corrected chi connectivity index (χ1v) is 5.42. The van der Waals surface area contributed by atoms with Gasteiger partial charge in [0, 0.05) is 18.3 Å². The lowest BCUT2D eigenvalue weighted by Crippen LogP contribution is -1.97. The second-order valence-electron chi connectivity index (χ2n) is 3.76. The molecule has 0 amide bonds. The Morgan fingerprint density at radius 1 is 1.25 bits per heavy atom. The van der Waals surface area contributed by atoms with E-state index in [1.807, 2.05) is 48.1 Å². The van der Waals surface area contributed by atoms with E-state index in [0.717, 1.165) is 34.6 Å². The van der Waals surface area contributed by atoms with Crippen LogP contribution in [0.15, 0.2) is 36.5 Å². The van der Waals surface area contributed by atoms with Gasteiger partial charge in [-0.25, -0.2) is 0 Å². The molecule has 0 unspecified atom stereocenters. The number of nitrogens with zero attached hydrogens (tertiary/aromatic N) is 1. The Morgan fingerprint density at radius 2 is 1.94 bits per heavy atom. The monoisotopic (exact) mass is 233 g/mol. The van der Waals surface area contributed by atoms with Crippen molar-refractivity contribution in [2.45, 2.75) is 6.42 Å². The van der Waals surface area contributed by atoms with Gasteiger partial charge < -0.3 is 4.57 Å². The van der Waals surface area contributed by atoms with Gasteiger partial charge in [-0.3, -0.25) is 4.79 Å². The first-order chi connectivity index (χ1) is 7.70. The largest absolute Gasteiger partial charge is 0.348 e. The number of benzene rings is 1. The minimum Gasteiger partial charge on any atom is -0.348 e. The molecule has 0 aliphatic rings. The molecule has 0 fully saturated rings. The van der Waals surface area contributed by atoms with Crippen LogP contribution in [0.4, 0.5) is 0 Å². The topological polar surface area (TPSA) is 22.0 Å². The average Bonchev–Trinajstić information content (AvgIpc) is 2.63. The lowest BCUT2D eigenvalue weighted by molar-refractivity contribution is 0.111. The van der Waals surface area contributed by atoms with Gasteiger partial charge in [0.15, 0.2) is 6.29 Å². The Bertz CT molecular complexity index is 499. The van der Waals surface area contributed by atoms with E-state index in [9.17, 15) is 4.79 Å². The molecule has 1 aromatic heterocycles. The summed E-state index contributed by atoms with van der Waals surface area (Å²) in [4.78, 5) is 10.9. The molecule has 2 nitrogen and oxygen atoms in total. The molecular weight excluding hydrogens is 222 g/mol. The Balaban J connectivity index is 2.26. The molecule has 0 bridgehead atoms. The zero-order valence-electron chi connectivity index (χ0n) is 8.98. The third-order valence-electron chi connectivity index (χ3n) is 2.63. The molecule has 0 saturated carbocycles. The molecular formula is C13H12ClNO. The van der Waals surface area contributed by atoms with Gasteiger partial charge in [0.25, 0.3) is 0 Å². The number of aryl methyl sites for hydroxylation is 1. The number of carbonyl (C=O) groups excluding carboxylic acids is 1. The predicted molar refractivity (Wildman–Crippen MR) is 65.1 cm³/mol. The van der Waals surface area contributed by atoms with Gasteiger partial charge in [-0.1, -0.05) is 23.7 Å². The van der Waals surface area contributed by atoms with E-state index in [0.29, 0.717) is 0 Å². The van der Waals surface area contributed by atoms with Crippen molar-refractivity contribution in [2.24, 2.45) is 7.05 Å². The maximum atomic E-state index is 10.9. The molecule has 2 rings (SSSR count). The smallest absolute Gasteiger partial charge is 0.166 e. The summed E-state index contributed by atoms with van der Waals surface area (Å²) in [6.07, 6.45) is 3.55. The average molecular weight is 234 g/mol. The summed E-state index contributed by atoms with van der Waals surface area (Å²) in [5.41, 5.74) is 2.92. The van der Waals surface area contributed by atoms with Crippen LogP contribution in [-0.2, 0) is 13.5 Å². The van der Waals surface area contributed by atoms with Crippen molar-refractivity contribution in [2.75, 3.05) is 0 Å². The minimum absolute atomic E-state index is 0.729. The zero-order chi connectivity index (χ0) is 11.5. The first-order valence-electron chi connectivity index (χ1n) is 5.04. The van der Waals surface area contributed by atoms with Gasteiger partial charge in [0.1, 0.15) is 0 Å². The van der Waals surface area contributed by atoms with Crippen LogP contribution in [0.3, 0.4) is 0 Å². The molecule has 0 saturated heterocycles. The Morgan fingerprint density at radius 3 is 2.56 bits per heavy atom. The summed E-state index contributed by atoms with van der Waals surface area (Å²) < 4.78 is 1.83. The number of hydrogen-bond acceptors (Lipinski definition) is 1. The first kappa shape index (κ1) is 11.0. The molecule has 3 heteroatoms. The maximum absolute atomic E-state index is 10.9. The molecule has 0 spiro atoms. The van der Waals surface area contributed by atoms with Crippen LogP contribution in [-0.4, -0.2) is 10.9 Å². The second-order valence-corrected chi connectivity index (χ2v) is 4.19. The molecule has 1 aromatic carbocycles. The zero-order valence-corrected chi connectivity index (χ0v) is 9.74. The predicted octanol–water partition coefficient (Wildman–Crippen LogP) is 3.08. The lowest BCUT2D eigenvalue weighted by Gasteiger charge is -2.02. The molecule has 1 heterocycles. The van der Waals surface area contributed by atoms with Crippen molar-refractivity contribution in [3.05, 3.63) is 58.4 Å². The second kappa shape index (κ2) is 4.54. The number of hydrogen-bond donors (Lipinski definition) is 0. The lowest BCUT2D eigenvalue weighted by atomic mass is 10.1. The Labute approximate surface area is 99.5 Å². The maximum Gasteiger partial charge on any atom is 0.166 e. The number of aldehydes is 1. The Kier molecular flexibility index (Phi) is 3.11. The van der Waals surface area contributed by atoms with E-state index in [-0.39, 0.29) is 0 Å². The van der Waals surface area contributed by atoms with Gasteiger partial charge in [-0.05, 0) is 35.7 Å². The fraction of sp³-hybridized carbons (Fsp3) is 0.154. The highest BCUT2D eigenvalue weighted by molar-refractivity contribution is 6.30. The van der Waals surface area contributed by atoms with E-state index in [1.165, 1.54) is 0 Å². The van der Waals surface area contributed by atoms with E-state index in [1.54, 1.807) is 0 Å². The highest BCUT2D eigenvalue weighted by Crippen LogP contribution is 2.16. The summed E-state index contributed by atoms with van der Waals surface area (Å²) in [5.74, 6) is 0. The fourth-order valence-electron chi connectivity index (χ4n) is 1.72. The fourth-order valence-corrected chi connectivity index (χ4v) is 1.85. The van der Waals surface area contributed by atoms with Crippen molar-refractivity contribution in [3.63, 3.8) is 0 Å². The number of rotatable bonds is 3. The standard InChI is InChI=1S/C13H12ClNO/c1-15-7-6-11(13(15)9-16)8-10-2-4-12(14)5-3-10/h2-7,9H,8H2,1H3. The van der Waals surface area contributed by atoms with E-state index >= 15 is 0 Å². The normalized spacial score (nSPS) is 10.4. The molecule has 2 aromatic rings. The van der Waals surface area contributed by atoms with Crippen molar-refractivity contribution in [3.8, 4) is 0 Å². The summed E-state index contributed by atoms with van der Waals surface area (Å²) in [6.45, 7) is 0. The van der Waals surface area contributed by atoms with E-state index < -0.39 is 0 Å². The van der Waals surface area contributed by atoms with E-state index in [2.05, 4.69) is 0 Å². The number of carbonyl (C=O) groups is 1. The summed E-state index contributed by atoms with van der Waals surface area (Å²) in [5, 5.41) is 0.729. The van der Waals surface area contributed by atoms with Crippen molar-refractivity contribution < 1.29 is 4.79 Å². The van der Waals surface area contributed by atoms with Crippen LogP contribution in [0.5, 0.6) is 0 Å². The van der Waals surface area contributed by atoms with Crippen LogP contribution in [0, 0.1) is 0 Å². The quantitative estimate of drug-likeness (QED) is 0.747. The van der Waals surface area contributed by atoms with E-state index in [4.69, 9.17) is 11.6 Å². The van der Waals surface area contributed by atoms with Gasteiger partial charge >= 0.3 is 0 Å². The van der Waals surface area contributed by atoms with Gasteiger partial charge in [-0.2, -0.15) is 0 Å². The summed E-state index contributed by atoms with van der Waals surface area (Å²) in [7, 11) is 1.87. The molecule has 16 heavy (non-hydrogen) atoms. The van der Waals surface area contributed by atoms with Crippen LogP contribution in [0.25, 0.3) is 0 Å². The van der Waals surface area contributed by atoms with Gasteiger partial charge in [0.05, 0.1) is 5.69 Å². The van der Waals surface area contributed by atoms with Crippen molar-refractivity contribution >= 4 is 17.9 Å². The SMILES string of the molecule is Cn1ccc(Cc2ccc(Cl)cc2)c1C=O. The molecule has 0 radical (unpaired) electrons. The Hall–Kier alpha value is -1.54. The third-order valence-corrected chi connectivity index (χ3v) is 2.88. The van der Waals surface area contributed by atoms with Crippen LogP contribution < -0.4 is 0 Å². The van der Waals surface area contributed by atoms with Gasteiger partial charge in [-0.15, -0.1) is 0 Å². The number of aromatic nitrogens is 1. The van der Waals surface area contributed by atoms with Gasteiger partial charge in [0.2, 0.25) is 0 Å². The number of halogens is 1. The summed E-state index contributed by atoms with van der Waals surface area (Å²) in [6, 6.07) is 9.65. The molecule has 0 aliphatic carbocycles. The van der Waals surface area contributed by atoms with Crippen LogP contribution >= 0.6 is 11.6 Å².